The third-order valence-corrected chi connectivity index (χ3v) is 3.49. The van der Waals surface area contributed by atoms with E-state index in [1.807, 2.05) is 13.0 Å². The van der Waals surface area contributed by atoms with E-state index in [4.69, 9.17) is 5.84 Å². The van der Waals surface area contributed by atoms with E-state index in [0.29, 0.717) is 16.6 Å². The molecule has 0 aliphatic carbocycles. The quantitative estimate of drug-likeness (QED) is 0.673. The lowest BCUT2D eigenvalue weighted by molar-refractivity contribution is 0.514. The minimum absolute atomic E-state index is 0.309. The summed E-state index contributed by atoms with van der Waals surface area (Å²) in [5, 5.41) is 4.17. The summed E-state index contributed by atoms with van der Waals surface area (Å²) >= 11 is 3.36. The maximum absolute atomic E-state index is 14.0. The second-order valence-corrected chi connectivity index (χ2v) is 4.66. The zero-order valence-electron chi connectivity index (χ0n) is 9.90. The standard InChI is InChI=1S/C12H14BrFN4/c1-2-18-10(6-7-16-18)12(17-15)11-8(13)4-3-5-9(11)14/h3-7,12,17H,2,15H2,1H3. The van der Waals surface area contributed by atoms with Crippen molar-refractivity contribution in [1.82, 2.24) is 15.2 Å². The largest absolute Gasteiger partial charge is 0.271 e. The number of hydrazine groups is 1. The summed E-state index contributed by atoms with van der Waals surface area (Å²) < 4.78 is 16.4. The van der Waals surface area contributed by atoms with Gasteiger partial charge >= 0.3 is 0 Å². The Morgan fingerprint density at radius 3 is 2.89 bits per heavy atom. The van der Waals surface area contributed by atoms with E-state index in [2.05, 4.69) is 26.5 Å². The van der Waals surface area contributed by atoms with Gasteiger partial charge in [0.25, 0.3) is 0 Å². The van der Waals surface area contributed by atoms with Crippen molar-refractivity contribution < 1.29 is 4.39 Å². The molecule has 0 bridgehead atoms. The molecular formula is C12H14BrFN4. The molecule has 96 valence electrons. The third-order valence-electron chi connectivity index (χ3n) is 2.80. The molecule has 4 nitrogen and oxygen atoms in total. The van der Waals surface area contributed by atoms with Crippen molar-refractivity contribution >= 4 is 15.9 Å². The molecule has 6 heteroatoms. The molecule has 0 spiro atoms. The summed E-state index contributed by atoms with van der Waals surface area (Å²) in [5.41, 5.74) is 3.95. The van der Waals surface area contributed by atoms with E-state index in [1.165, 1.54) is 6.07 Å². The molecule has 1 aromatic heterocycles. The first kappa shape index (κ1) is 13.2. The molecular weight excluding hydrogens is 299 g/mol. The van der Waals surface area contributed by atoms with Crippen molar-refractivity contribution in [3.8, 4) is 0 Å². The minimum Gasteiger partial charge on any atom is -0.271 e. The first-order chi connectivity index (χ1) is 8.69. The number of aryl methyl sites for hydroxylation is 1. The minimum atomic E-state index is -0.442. The Balaban J connectivity index is 2.52. The van der Waals surface area contributed by atoms with Crippen LogP contribution in [0.25, 0.3) is 0 Å². The molecule has 1 aromatic carbocycles. The average Bonchev–Trinajstić information content (AvgIpc) is 2.82. The van der Waals surface area contributed by atoms with Gasteiger partial charge in [0.15, 0.2) is 0 Å². The van der Waals surface area contributed by atoms with Crippen molar-refractivity contribution in [3.63, 3.8) is 0 Å². The van der Waals surface area contributed by atoms with Gasteiger partial charge in [-0.1, -0.05) is 22.0 Å². The molecule has 2 aromatic rings. The zero-order chi connectivity index (χ0) is 13.1. The SMILES string of the molecule is CCn1nccc1C(NN)c1c(F)cccc1Br. The highest BCUT2D eigenvalue weighted by molar-refractivity contribution is 9.10. The predicted octanol–water partition coefficient (Wildman–Crippen LogP) is 2.36. The summed E-state index contributed by atoms with van der Waals surface area (Å²) in [6, 6.07) is 6.23. The van der Waals surface area contributed by atoms with E-state index in [1.54, 1.807) is 23.0 Å². The van der Waals surface area contributed by atoms with Crippen LogP contribution >= 0.6 is 15.9 Å². The van der Waals surface area contributed by atoms with E-state index in [9.17, 15) is 4.39 Å². The van der Waals surface area contributed by atoms with Gasteiger partial charge in [0, 0.05) is 22.8 Å². The number of hydrogen-bond acceptors (Lipinski definition) is 3. The molecule has 18 heavy (non-hydrogen) atoms. The fourth-order valence-electron chi connectivity index (χ4n) is 1.96. The van der Waals surface area contributed by atoms with Crippen LogP contribution in [0.2, 0.25) is 0 Å². The van der Waals surface area contributed by atoms with Gasteiger partial charge in [-0.25, -0.2) is 9.82 Å². The van der Waals surface area contributed by atoms with Crippen LogP contribution in [0.1, 0.15) is 24.2 Å². The van der Waals surface area contributed by atoms with Crippen LogP contribution in [0.5, 0.6) is 0 Å². The molecule has 1 atom stereocenters. The number of benzene rings is 1. The lowest BCUT2D eigenvalue weighted by Crippen LogP contribution is -2.31. The van der Waals surface area contributed by atoms with Crippen LogP contribution < -0.4 is 11.3 Å². The van der Waals surface area contributed by atoms with Crippen molar-refractivity contribution in [2.45, 2.75) is 19.5 Å². The molecule has 1 heterocycles. The van der Waals surface area contributed by atoms with Crippen LogP contribution in [0.15, 0.2) is 34.9 Å². The molecule has 0 aliphatic rings. The third kappa shape index (κ3) is 2.31. The lowest BCUT2D eigenvalue weighted by Gasteiger charge is -2.19. The second kappa shape index (κ2) is 5.60. The van der Waals surface area contributed by atoms with Crippen molar-refractivity contribution in [3.05, 3.63) is 52.0 Å². The highest BCUT2D eigenvalue weighted by Crippen LogP contribution is 2.30. The summed E-state index contributed by atoms with van der Waals surface area (Å²) in [5.74, 6) is 5.27. The topological polar surface area (TPSA) is 55.9 Å². The molecule has 1 unspecified atom stereocenters. The molecule has 3 N–H and O–H groups in total. The first-order valence-electron chi connectivity index (χ1n) is 5.60. The van der Waals surface area contributed by atoms with Gasteiger partial charge in [0.05, 0.1) is 11.7 Å². The highest BCUT2D eigenvalue weighted by atomic mass is 79.9. The summed E-state index contributed by atoms with van der Waals surface area (Å²) in [6.45, 7) is 2.67. The number of rotatable bonds is 4. The maximum Gasteiger partial charge on any atom is 0.129 e. The number of nitrogens with two attached hydrogens (primary N) is 1. The molecule has 2 rings (SSSR count). The van der Waals surface area contributed by atoms with Gasteiger partial charge < -0.3 is 0 Å². The van der Waals surface area contributed by atoms with Crippen molar-refractivity contribution in [2.24, 2.45) is 5.84 Å². The predicted molar refractivity (Wildman–Crippen MR) is 71.2 cm³/mol. The van der Waals surface area contributed by atoms with Crippen molar-refractivity contribution in [2.75, 3.05) is 0 Å². The molecule has 0 fully saturated rings. The van der Waals surface area contributed by atoms with E-state index in [0.717, 1.165) is 5.69 Å². The Labute approximate surface area is 113 Å². The molecule has 0 aliphatic heterocycles. The smallest absolute Gasteiger partial charge is 0.129 e. The Bertz CT molecular complexity index is 520. The molecule has 0 saturated heterocycles. The first-order valence-corrected chi connectivity index (χ1v) is 6.40. The number of nitrogens with one attached hydrogen (secondary N) is 1. The average molecular weight is 313 g/mol. The van der Waals surface area contributed by atoms with Gasteiger partial charge in [-0.3, -0.25) is 10.5 Å². The number of hydrogen-bond donors (Lipinski definition) is 2. The van der Waals surface area contributed by atoms with Gasteiger partial charge in [-0.05, 0) is 25.1 Å². The normalized spacial score (nSPS) is 12.7. The van der Waals surface area contributed by atoms with Crippen LogP contribution in [-0.4, -0.2) is 9.78 Å². The Morgan fingerprint density at radius 1 is 1.50 bits per heavy atom. The number of aromatic nitrogens is 2. The lowest BCUT2D eigenvalue weighted by atomic mass is 10.0. The highest BCUT2D eigenvalue weighted by Gasteiger charge is 2.22. The molecule has 0 radical (unpaired) electrons. The Hall–Kier alpha value is -1.24. The van der Waals surface area contributed by atoms with E-state index < -0.39 is 6.04 Å². The number of nitrogens with zero attached hydrogens (tertiary/aromatic N) is 2. The Morgan fingerprint density at radius 2 is 2.28 bits per heavy atom. The van der Waals surface area contributed by atoms with Gasteiger partial charge in [-0.15, -0.1) is 0 Å². The summed E-state index contributed by atoms with van der Waals surface area (Å²) in [6.07, 6.45) is 1.68. The maximum atomic E-state index is 14.0. The monoisotopic (exact) mass is 312 g/mol. The van der Waals surface area contributed by atoms with Crippen LogP contribution in [0.4, 0.5) is 4.39 Å². The van der Waals surface area contributed by atoms with Gasteiger partial charge in [0.1, 0.15) is 5.82 Å². The zero-order valence-corrected chi connectivity index (χ0v) is 11.5. The van der Waals surface area contributed by atoms with E-state index in [-0.39, 0.29) is 5.82 Å². The van der Waals surface area contributed by atoms with Gasteiger partial charge in [0.2, 0.25) is 0 Å². The van der Waals surface area contributed by atoms with Crippen LogP contribution in [0.3, 0.4) is 0 Å². The summed E-state index contributed by atoms with van der Waals surface area (Å²) in [7, 11) is 0. The molecule has 0 amide bonds. The summed E-state index contributed by atoms with van der Waals surface area (Å²) in [4.78, 5) is 0. The molecule has 0 saturated carbocycles. The van der Waals surface area contributed by atoms with Gasteiger partial charge in [-0.2, -0.15) is 5.10 Å². The Kier molecular flexibility index (Phi) is 4.11. The van der Waals surface area contributed by atoms with Crippen LogP contribution in [0, 0.1) is 5.82 Å². The number of halogens is 2. The second-order valence-electron chi connectivity index (χ2n) is 3.81. The van der Waals surface area contributed by atoms with Crippen LogP contribution in [-0.2, 0) is 6.54 Å². The fourth-order valence-corrected chi connectivity index (χ4v) is 2.53. The van der Waals surface area contributed by atoms with Crippen molar-refractivity contribution in [1.29, 1.82) is 0 Å². The fraction of sp³-hybridized carbons (Fsp3) is 0.250. The van der Waals surface area contributed by atoms with E-state index >= 15 is 0 Å².